The molecule has 19 heavy (non-hydrogen) atoms. The Bertz CT molecular complexity index is 777. The molecule has 0 radical (unpaired) electrons. The zero-order valence-electron chi connectivity index (χ0n) is 9.88. The standard InChI is InChI=1S/C15H10INO2/c16-12-6-3-5-10(8-12)14-9-11-4-1-2-7-13(11)17(14)15(18)19/h1-9H,(H,18,19). The molecule has 0 saturated carbocycles. The van der Waals surface area contributed by atoms with Crippen molar-refractivity contribution in [3.8, 4) is 11.3 Å². The molecule has 0 bridgehead atoms. The molecule has 3 aromatic rings. The number of para-hydroxylation sites is 1. The van der Waals surface area contributed by atoms with Crippen molar-refractivity contribution in [2.45, 2.75) is 0 Å². The molecule has 2 aromatic carbocycles. The van der Waals surface area contributed by atoms with Crippen LogP contribution in [-0.4, -0.2) is 15.8 Å². The summed E-state index contributed by atoms with van der Waals surface area (Å²) in [6.07, 6.45) is -0.963. The predicted octanol–water partition coefficient (Wildman–Crippen LogP) is 4.44. The van der Waals surface area contributed by atoms with Gasteiger partial charge in [0.05, 0.1) is 11.2 Å². The number of hydrogen-bond donors (Lipinski definition) is 1. The molecule has 0 aliphatic heterocycles. The number of benzene rings is 2. The molecule has 94 valence electrons. The zero-order valence-corrected chi connectivity index (χ0v) is 12.0. The molecule has 0 saturated heterocycles. The fourth-order valence-corrected chi connectivity index (χ4v) is 2.76. The summed E-state index contributed by atoms with van der Waals surface area (Å²) in [5.74, 6) is 0. The molecule has 0 spiro atoms. The molecular formula is C15H10INO2. The fraction of sp³-hybridized carbons (Fsp3) is 0. The number of nitrogens with zero attached hydrogens (tertiary/aromatic N) is 1. The van der Waals surface area contributed by atoms with E-state index in [0.717, 1.165) is 14.5 Å². The third-order valence-corrected chi connectivity index (χ3v) is 3.69. The molecular weight excluding hydrogens is 353 g/mol. The van der Waals surface area contributed by atoms with Crippen molar-refractivity contribution in [3.63, 3.8) is 0 Å². The second-order valence-corrected chi connectivity index (χ2v) is 5.46. The molecule has 3 rings (SSSR count). The quantitative estimate of drug-likeness (QED) is 0.650. The summed E-state index contributed by atoms with van der Waals surface area (Å²) in [7, 11) is 0. The van der Waals surface area contributed by atoms with Gasteiger partial charge in [-0.2, -0.15) is 0 Å². The number of aromatic nitrogens is 1. The monoisotopic (exact) mass is 363 g/mol. The summed E-state index contributed by atoms with van der Waals surface area (Å²) in [4.78, 5) is 11.5. The van der Waals surface area contributed by atoms with Gasteiger partial charge in [-0.05, 0) is 52.4 Å². The lowest BCUT2D eigenvalue weighted by molar-refractivity contribution is 0.198. The minimum absolute atomic E-state index is 0.701. The molecule has 1 heterocycles. The third kappa shape index (κ3) is 2.12. The summed E-state index contributed by atoms with van der Waals surface area (Å²) in [6.45, 7) is 0. The Morgan fingerprint density at radius 3 is 2.58 bits per heavy atom. The van der Waals surface area contributed by atoms with Gasteiger partial charge in [-0.25, -0.2) is 9.36 Å². The van der Waals surface area contributed by atoms with Gasteiger partial charge in [0.25, 0.3) is 0 Å². The molecule has 0 unspecified atom stereocenters. The first-order valence-electron chi connectivity index (χ1n) is 5.76. The lowest BCUT2D eigenvalue weighted by Crippen LogP contribution is -2.08. The van der Waals surface area contributed by atoms with Crippen LogP contribution in [0.15, 0.2) is 54.6 Å². The SMILES string of the molecule is O=C(O)n1c(-c2cccc(I)c2)cc2ccccc21. The maximum absolute atomic E-state index is 11.5. The van der Waals surface area contributed by atoms with E-state index in [4.69, 9.17) is 0 Å². The van der Waals surface area contributed by atoms with Crippen molar-refractivity contribution in [2.24, 2.45) is 0 Å². The van der Waals surface area contributed by atoms with Gasteiger partial charge < -0.3 is 5.11 Å². The molecule has 0 atom stereocenters. The largest absolute Gasteiger partial charge is 0.464 e. The van der Waals surface area contributed by atoms with Crippen molar-refractivity contribution >= 4 is 39.6 Å². The van der Waals surface area contributed by atoms with Gasteiger partial charge in [0.15, 0.2) is 0 Å². The first-order chi connectivity index (χ1) is 9.16. The highest BCUT2D eigenvalue weighted by molar-refractivity contribution is 14.1. The Kier molecular flexibility index (Phi) is 3.02. The molecule has 0 aliphatic rings. The van der Waals surface area contributed by atoms with Crippen LogP contribution in [0.2, 0.25) is 0 Å². The lowest BCUT2D eigenvalue weighted by atomic mass is 10.1. The van der Waals surface area contributed by atoms with Gasteiger partial charge in [0, 0.05) is 8.96 Å². The van der Waals surface area contributed by atoms with Crippen LogP contribution in [-0.2, 0) is 0 Å². The highest BCUT2D eigenvalue weighted by Gasteiger charge is 2.15. The highest BCUT2D eigenvalue weighted by atomic mass is 127. The smallest absolute Gasteiger partial charge is 0.416 e. The Morgan fingerprint density at radius 1 is 1.05 bits per heavy atom. The van der Waals surface area contributed by atoms with Gasteiger partial charge in [-0.3, -0.25) is 0 Å². The number of fused-ring (bicyclic) bond motifs is 1. The van der Waals surface area contributed by atoms with E-state index in [1.807, 2.05) is 54.6 Å². The van der Waals surface area contributed by atoms with Gasteiger partial charge >= 0.3 is 6.09 Å². The number of carboxylic acid groups (broad SMARTS) is 1. The number of halogens is 1. The van der Waals surface area contributed by atoms with E-state index in [1.54, 1.807) is 0 Å². The number of hydrogen-bond acceptors (Lipinski definition) is 1. The highest BCUT2D eigenvalue weighted by Crippen LogP contribution is 2.28. The summed E-state index contributed by atoms with van der Waals surface area (Å²) >= 11 is 2.22. The van der Waals surface area contributed by atoms with E-state index in [1.165, 1.54) is 4.57 Å². The van der Waals surface area contributed by atoms with E-state index in [9.17, 15) is 9.90 Å². The average Bonchev–Trinajstić information content (AvgIpc) is 2.78. The number of rotatable bonds is 1. The van der Waals surface area contributed by atoms with Crippen LogP contribution < -0.4 is 0 Å². The topological polar surface area (TPSA) is 42.2 Å². The summed E-state index contributed by atoms with van der Waals surface area (Å²) in [6, 6.07) is 17.2. The predicted molar refractivity (Wildman–Crippen MR) is 83.5 cm³/mol. The Hall–Kier alpha value is -1.82. The van der Waals surface area contributed by atoms with Crippen molar-refractivity contribution < 1.29 is 9.90 Å². The summed E-state index contributed by atoms with van der Waals surface area (Å²) in [5.41, 5.74) is 2.32. The van der Waals surface area contributed by atoms with Crippen LogP contribution in [0.1, 0.15) is 0 Å². The number of carbonyl (C=O) groups is 1. The maximum atomic E-state index is 11.5. The van der Waals surface area contributed by atoms with Crippen molar-refractivity contribution in [2.75, 3.05) is 0 Å². The third-order valence-electron chi connectivity index (χ3n) is 3.02. The summed E-state index contributed by atoms with van der Waals surface area (Å²) < 4.78 is 2.41. The van der Waals surface area contributed by atoms with Crippen LogP contribution in [0.4, 0.5) is 4.79 Å². The van der Waals surface area contributed by atoms with Crippen molar-refractivity contribution in [1.82, 2.24) is 4.57 Å². The Morgan fingerprint density at radius 2 is 1.84 bits per heavy atom. The minimum Gasteiger partial charge on any atom is -0.464 e. The van der Waals surface area contributed by atoms with Crippen LogP contribution in [0.5, 0.6) is 0 Å². The van der Waals surface area contributed by atoms with Gasteiger partial charge in [-0.1, -0.05) is 30.3 Å². The molecule has 4 heteroatoms. The molecule has 0 amide bonds. The van der Waals surface area contributed by atoms with Crippen LogP contribution >= 0.6 is 22.6 Å². The Balaban J connectivity index is 2.34. The summed E-state index contributed by atoms with van der Waals surface area (Å²) in [5, 5.41) is 10.4. The van der Waals surface area contributed by atoms with E-state index in [2.05, 4.69) is 22.6 Å². The maximum Gasteiger partial charge on any atom is 0.416 e. The van der Waals surface area contributed by atoms with Gasteiger partial charge in [0.1, 0.15) is 0 Å². The van der Waals surface area contributed by atoms with E-state index in [0.29, 0.717) is 11.2 Å². The molecule has 1 N–H and O–H groups in total. The van der Waals surface area contributed by atoms with E-state index in [-0.39, 0.29) is 0 Å². The van der Waals surface area contributed by atoms with Crippen LogP contribution in [0.25, 0.3) is 22.2 Å². The van der Waals surface area contributed by atoms with E-state index >= 15 is 0 Å². The zero-order chi connectivity index (χ0) is 13.4. The van der Waals surface area contributed by atoms with Gasteiger partial charge in [-0.15, -0.1) is 0 Å². The normalized spacial score (nSPS) is 10.8. The second-order valence-electron chi connectivity index (χ2n) is 4.22. The fourth-order valence-electron chi connectivity index (χ4n) is 2.22. The average molecular weight is 363 g/mol. The van der Waals surface area contributed by atoms with Crippen LogP contribution in [0.3, 0.4) is 0 Å². The Labute approximate surface area is 123 Å². The van der Waals surface area contributed by atoms with Crippen LogP contribution in [0, 0.1) is 3.57 Å². The second kappa shape index (κ2) is 4.70. The molecule has 1 aromatic heterocycles. The minimum atomic E-state index is -0.963. The first-order valence-corrected chi connectivity index (χ1v) is 6.84. The van der Waals surface area contributed by atoms with Crippen molar-refractivity contribution in [1.29, 1.82) is 0 Å². The molecule has 0 aliphatic carbocycles. The molecule has 3 nitrogen and oxygen atoms in total. The van der Waals surface area contributed by atoms with Crippen molar-refractivity contribution in [3.05, 3.63) is 58.2 Å². The van der Waals surface area contributed by atoms with Gasteiger partial charge in [0.2, 0.25) is 0 Å². The van der Waals surface area contributed by atoms with E-state index < -0.39 is 6.09 Å². The first kappa shape index (κ1) is 12.2. The lowest BCUT2D eigenvalue weighted by Gasteiger charge is -2.05. The molecule has 0 fully saturated rings.